The van der Waals surface area contributed by atoms with E-state index in [1.165, 1.54) is 4.68 Å². The van der Waals surface area contributed by atoms with Crippen molar-refractivity contribution < 1.29 is 4.42 Å². The summed E-state index contributed by atoms with van der Waals surface area (Å²) >= 11 is 6.15. The number of aryl methyl sites for hydroxylation is 2. The maximum atomic E-state index is 11.9. The predicted octanol–water partition coefficient (Wildman–Crippen LogP) is 1.05. The van der Waals surface area contributed by atoms with Crippen molar-refractivity contribution in [1.29, 1.82) is 0 Å². The van der Waals surface area contributed by atoms with E-state index in [2.05, 4.69) is 19.9 Å². The second kappa shape index (κ2) is 6.10. The van der Waals surface area contributed by atoms with E-state index in [0.29, 0.717) is 11.6 Å². The Hall–Kier alpha value is -1.86. The van der Waals surface area contributed by atoms with E-state index >= 15 is 0 Å². The maximum Gasteiger partial charge on any atom is 0.287 e. The van der Waals surface area contributed by atoms with E-state index in [-0.39, 0.29) is 10.6 Å². The predicted molar refractivity (Wildman–Crippen MR) is 83.2 cm³/mol. The lowest BCUT2D eigenvalue weighted by molar-refractivity contribution is 0.247. The second-order valence-electron chi connectivity index (χ2n) is 5.39. The Morgan fingerprint density at radius 1 is 1.32 bits per heavy atom. The van der Waals surface area contributed by atoms with Crippen LogP contribution in [0.5, 0.6) is 0 Å². The highest BCUT2D eigenvalue weighted by atomic mass is 35.5. The van der Waals surface area contributed by atoms with Gasteiger partial charge in [0.15, 0.2) is 5.89 Å². The van der Waals surface area contributed by atoms with E-state index < -0.39 is 0 Å². The fourth-order valence-electron chi connectivity index (χ4n) is 2.58. The highest BCUT2D eigenvalue weighted by molar-refractivity contribution is 6.33. The van der Waals surface area contributed by atoms with Crippen LogP contribution in [0.3, 0.4) is 0 Å². The van der Waals surface area contributed by atoms with Gasteiger partial charge in [-0.3, -0.25) is 9.69 Å². The zero-order valence-corrected chi connectivity index (χ0v) is 13.4. The first-order chi connectivity index (χ1) is 10.5. The first kappa shape index (κ1) is 15.1. The van der Waals surface area contributed by atoms with Gasteiger partial charge in [0.2, 0.25) is 0 Å². The molecule has 0 unspecified atom stereocenters. The molecule has 3 heterocycles. The third-order valence-electron chi connectivity index (χ3n) is 3.82. The second-order valence-corrected chi connectivity index (χ2v) is 5.77. The van der Waals surface area contributed by atoms with Crippen LogP contribution < -0.4 is 10.5 Å². The van der Waals surface area contributed by atoms with Gasteiger partial charge in [-0.25, -0.2) is 9.67 Å². The minimum atomic E-state index is -0.264. The number of halogens is 1. The fourth-order valence-corrected chi connectivity index (χ4v) is 2.87. The largest absolute Gasteiger partial charge is 0.449 e. The summed E-state index contributed by atoms with van der Waals surface area (Å²) in [7, 11) is 1.59. The van der Waals surface area contributed by atoms with Gasteiger partial charge < -0.3 is 9.32 Å². The molecule has 7 nitrogen and oxygen atoms in total. The van der Waals surface area contributed by atoms with Crippen molar-refractivity contribution in [1.82, 2.24) is 19.7 Å². The normalized spacial score (nSPS) is 16.2. The average Bonchev–Trinajstić information content (AvgIpc) is 2.91. The molecule has 2 aromatic rings. The third kappa shape index (κ3) is 3.00. The highest BCUT2D eigenvalue weighted by Gasteiger charge is 2.21. The summed E-state index contributed by atoms with van der Waals surface area (Å²) in [5.41, 5.74) is 1.39. The fraction of sp³-hybridized carbons (Fsp3) is 0.500. The summed E-state index contributed by atoms with van der Waals surface area (Å²) in [6, 6.07) is 0. The van der Waals surface area contributed by atoms with Gasteiger partial charge in [-0.1, -0.05) is 11.6 Å². The minimum Gasteiger partial charge on any atom is -0.449 e. The van der Waals surface area contributed by atoms with E-state index in [4.69, 9.17) is 16.0 Å². The standard InChI is InChI=1S/C14H18ClN5O2/c1-10-17-11(9-22-10)8-19-3-5-20(6-4-19)12-7-16-18(2)14(21)13(12)15/h7,9H,3-6,8H2,1-2H3. The van der Waals surface area contributed by atoms with Crippen LogP contribution >= 0.6 is 11.6 Å². The number of aromatic nitrogens is 3. The van der Waals surface area contributed by atoms with Crippen LogP contribution in [0.4, 0.5) is 5.69 Å². The summed E-state index contributed by atoms with van der Waals surface area (Å²) in [6.45, 7) is 5.95. The molecule has 0 N–H and O–H groups in total. The van der Waals surface area contributed by atoms with Crippen LogP contribution in [0.15, 0.2) is 21.7 Å². The Morgan fingerprint density at radius 2 is 2.05 bits per heavy atom. The van der Waals surface area contributed by atoms with E-state index in [0.717, 1.165) is 38.4 Å². The van der Waals surface area contributed by atoms with Crippen LogP contribution in [0.1, 0.15) is 11.6 Å². The smallest absolute Gasteiger partial charge is 0.287 e. The van der Waals surface area contributed by atoms with Crippen molar-refractivity contribution in [3.8, 4) is 0 Å². The average molecular weight is 324 g/mol. The molecule has 0 aliphatic carbocycles. The zero-order chi connectivity index (χ0) is 15.7. The number of anilines is 1. The molecule has 0 aromatic carbocycles. The minimum absolute atomic E-state index is 0.234. The van der Waals surface area contributed by atoms with Crippen LogP contribution in [0.25, 0.3) is 0 Å². The van der Waals surface area contributed by atoms with Crippen LogP contribution in [0.2, 0.25) is 5.02 Å². The molecular weight excluding hydrogens is 306 g/mol. The van der Waals surface area contributed by atoms with Gasteiger partial charge in [-0.15, -0.1) is 0 Å². The van der Waals surface area contributed by atoms with Gasteiger partial charge in [-0.05, 0) is 0 Å². The Morgan fingerprint density at radius 3 is 2.68 bits per heavy atom. The van der Waals surface area contributed by atoms with E-state index in [9.17, 15) is 4.79 Å². The quantitative estimate of drug-likeness (QED) is 0.841. The van der Waals surface area contributed by atoms with Crippen molar-refractivity contribution in [2.45, 2.75) is 13.5 Å². The zero-order valence-electron chi connectivity index (χ0n) is 12.6. The molecule has 22 heavy (non-hydrogen) atoms. The summed E-state index contributed by atoms with van der Waals surface area (Å²) in [5, 5.41) is 4.28. The van der Waals surface area contributed by atoms with Crippen molar-refractivity contribution in [2.24, 2.45) is 7.05 Å². The van der Waals surface area contributed by atoms with Crippen LogP contribution in [-0.4, -0.2) is 45.8 Å². The Kier molecular flexibility index (Phi) is 4.17. The number of piperazine rings is 1. The summed E-state index contributed by atoms with van der Waals surface area (Å²) in [5.74, 6) is 0.687. The molecule has 0 atom stereocenters. The van der Waals surface area contributed by atoms with Crippen LogP contribution in [0, 0.1) is 6.92 Å². The molecule has 8 heteroatoms. The summed E-state index contributed by atoms with van der Waals surface area (Å²) < 4.78 is 6.47. The molecule has 0 amide bonds. The van der Waals surface area contributed by atoms with Gasteiger partial charge in [0, 0.05) is 46.7 Å². The van der Waals surface area contributed by atoms with Crippen molar-refractivity contribution >= 4 is 17.3 Å². The first-order valence-corrected chi connectivity index (χ1v) is 7.52. The number of hydrogen-bond acceptors (Lipinski definition) is 6. The van der Waals surface area contributed by atoms with E-state index in [1.54, 1.807) is 19.5 Å². The number of oxazole rings is 1. The Balaban J connectivity index is 1.64. The Bertz CT molecular complexity index is 718. The molecule has 0 spiro atoms. The number of hydrogen-bond donors (Lipinski definition) is 0. The van der Waals surface area contributed by atoms with Gasteiger partial charge in [0.25, 0.3) is 5.56 Å². The third-order valence-corrected chi connectivity index (χ3v) is 4.18. The van der Waals surface area contributed by atoms with Crippen molar-refractivity contribution in [2.75, 3.05) is 31.1 Å². The maximum absolute atomic E-state index is 11.9. The van der Waals surface area contributed by atoms with Gasteiger partial charge in [-0.2, -0.15) is 5.10 Å². The first-order valence-electron chi connectivity index (χ1n) is 7.14. The molecule has 1 fully saturated rings. The molecule has 0 radical (unpaired) electrons. The van der Waals surface area contributed by atoms with Gasteiger partial charge in [0.1, 0.15) is 11.3 Å². The molecule has 2 aromatic heterocycles. The molecule has 0 bridgehead atoms. The summed E-state index contributed by atoms with van der Waals surface area (Å²) in [6.07, 6.45) is 3.35. The van der Waals surface area contributed by atoms with E-state index in [1.807, 2.05) is 6.92 Å². The number of nitrogens with zero attached hydrogens (tertiary/aromatic N) is 5. The molecular formula is C14H18ClN5O2. The summed E-state index contributed by atoms with van der Waals surface area (Å²) in [4.78, 5) is 20.6. The lowest BCUT2D eigenvalue weighted by atomic mass is 10.2. The molecule has 1 aliphatic heterocycles. The molecule has 118 valence electrons. The SMILES string of the molecule is Cc1nc(CN2CCN(c3cnn(C)c(=O)c3Cl)CC2)co1. The topological polar surface area (TPSA) is 67.4 Å². The monoisotopic (exact) mass is 323 g/mol. The van der Waals surface area contributed by atoms with Gasteiger partial charge >= 0.3 is 0 Å². The highest BCUT2D eigenvalue weighted by Crippen LogP contribution is 2.22. The van der Waals surface area contributed by atoms with Crippen molar-refractivity contribution in [3.05, 3.63) is 39.4 Å². The lowest BCUT2D eigenvalue weighted by Crippen LogP contribution is -2.46. The lowest BCUT2D eigenvalue weighted by Gasteiger charge is -2.35. The molecule has 0 saturated carbocycles. The Labute approximate surface area is 133 Å². The van der Waals surface area contributed by atoms with Crippen LogP contribution in [-0.2, 0) is 13.6 Å². The molecule has 3 rings (SSSR count). The van der Waals surface area contributed by atoms with Crippen molar-refractivity contribution in [3.63, 3.8) is 0 Å². The molecule has 1 saturated heterocycles. The molecule has 1 aliphatic rings. The van der Waals surface area contributed by atoms with Gasteiger partial charge in [0.05, 0.1) is 17.6 Å². The number of rotatable bonds is 3.